The van der Waals surface area contributed by atoms with Crippen LogP contribution in [0, 0.1) is 11.3 Å². The second-order valence-electron chi connectivity index (χ2n) is 4.23. The Hall–Kier alpha value is -2.31. The second-order valence-corrected chi connectivity index (χ2v) is 4.23. The molecular formula is C16H15NO2. The van der Waals surface area contributed by atoms with Crippen LogP contribution in [0.4, 0.5) is 0 Å². The predicted octanol–water partition coefficient (Wildman–Crippen LogP) is 3.79. The third-order valence-corrected chi connectivity index (χ3v) is 2.85. The van der Waals surface area contributed by atoms with Crippen molar-refractivity contribution in [3.63, 3.8) is 0 Å². The lowest BCUT2D eigenvalue weighted by molar-refractivity contribution is 0.173. The molecule has 0 aliphatic carbocycles. The zero-order chi connectivity index (χ0) is 13.7. The van der Waals surface area contributed by atoms with Gasteiger partial charge < -0.3 is 9.84 Å². The van der Waals surface area contributed by atoms with Gasteiger partial charge in [0.25, 0.3) is 0 Å². The van der Waals surface area contributed by atoms with Crippen LogP contribution in [0.2, 0.25) is 0 Å². The Morgan fingerprint density at radius 1 is 1.16 bits per heavy atom. The number of hydrogen-bond acceptors (Lipinski definition) is 3. The van der Waals surface area contributed by atoms with Crippen molar-refractivity contribution in [2.24, 2.45) is 0 Å². The van der Waals surface area contributed by atoms with E-state index < -0.39 is 6.10 Å². The SMILES string of the molecule is CCC(O)c1ccc(Oc2cccc(C#N)c2)cc1. The van der Waals surface area contributed by atoms with Gasteiger partial charge in [-0.25, -0.2) is 0 Å². The zero-order valence-corrected chi connectivity index (χ0v) is 10.7. The maximum Gasteiger partial charge on any atom is 0.128 e. The third-order valence-electron chi connectivity index (χ3n) is 2.85. The molecule has 3 nitrogen and oxygen atoms in total. The summed E-state index contributed by atoms with van der Waals surface area (Å²) in [7, 11) is 0. The van der Waals surface area contributed by atoms with E-state index in [1.165, 1.54) is 0 Å². The van der Waals surface area contributed by atoms with Crippen LogP contribution in [-0.4, -0.2) is 5.11 Å². The smallest absolute Gasteiger partial charge is 0.128 e. The number of benzene rings is 2. The second kappa shape index (κ2) is 6.03. The summed E-state index contributed by atoms with van der Waals surface area (Å²) in [6, 6.07) is 16.4. The quantitative estimate of drug-likeness (QED) is 0.901. The van der Waals surface area contributed by atoms with Crippen molar-refractivity contribution in [3.8, 4) is 17.6 Å². The van der Waals surface area contributed by atoms with Gasteiger partial charge in [-0.3, -0.25) is 0 Å². The molecule has 0 spiro atoms. The molecule has 0 saturated heterocycles. The van der Waals surface area contributed by atoms with Crippen LogP contribution in [-0.2, 0) is 0 Å². The highest BCUT2D eigenvalue weighted by atomic mass is 16.5. The summed E-state index contributed by atoms with van der Waals surface area (Å²) in [5, 5.41) is 18.5. The summed E-state index contributed by atoms with van der Waals surface area (Å²) >= 11 is 0. The molecule has 0 bridgehead atoms. The standard InChI is InChI=1S/C16H15NO2/c1-2-16(18)13-6-8-14(9-7-13)19-15-5-3-4-12(10-15)11-17/h3-10,16,18H,2H2,1H3. The molecule has 0 aliphatic heterocycles. The Bertz CT molecular complexity index is 584. The van der Waals surface area contributed by atoms with Crippen LogP contribution in [0.25, 0.3) is 0 Å². The van der Waals surface area contributed by atoms with Crippen molar-refractivity contribution in [3.05, 3.63) is 59.7 Å². The Balaban J connectivity index is 2.13. The number of hydrogen-bond donors (Lipinski definition) is 1. The highest BCUT2D eigenvalue weighted by molar-refractivity contribution is 5.39. The Kier molecular flexibility index (Phi) is 4.17. The predicted molar refractivity (Wildman–Crippen MR) is 72.9 cm³/mol. The zero-order valence-electron chi connectivity index (χ0n) is 10.7. The van der Waals surface area contributed by atoms with E-state index in [2.05, 4.69) is 6.07 Å². The van der Waals surface area contributed by atoms with Gasteiger partial charge in [-0.1, -0.05) is 25.1 Å². The van der Waals surface area contributed by atoms with Gasteiger partial charge in [-0.2, -0.15) is 5.26 Å². The van der Waals surface area contributed by atoms with E-state index in [9.17, 15) is 5.11 Å². The molecule has 96 valence electrons. The lowest BCUT2D eigenvalue weighted by atomic mass is 10.1. The van der Waals surface area contributed by atoms with Gasteiger partial charge in [0, 0.05) is 0 Å². The molecule has 2 aromatic carbocycles. The molecular weight excluding hydrogens is 238 g/mol. The van der Waals surface area contributed by atoms with Gasteiger partial charge in [0.05, 0.1) is 17.7 Å². The van der Waals surface area contributed by atoms with Crippen LogP contribution in [0.15, 0.2) is 48.5 Å². The number of rotatable bonds is 4. The topological polar surface area (TPSA) is 53.2 Å². The summed E-state index contributed by atoms with van der Waals surface area (Å²) in [5.41, 5.74) is 1.44. The van der Waals surface area contributed by atoms with E-state index in [-0.39, 0.29) is 0 Å². The van der Waals surface area contributed by atoms with Crippen molar-refractivity contribution in [2.45, 2.75) is 19.4 Å². The lowest BCUT2D eigenvalue weighted by Crippen LogP contribution is -1.94. The fraction of sp³-hybridized carbons (Fsp3) is 0.188. The van der Waals surface area contributed by atoms with Gasteiger partial charge in [0.15, 0.2) is 0 Å². The monoisotopic (exact) mass is 253 g/mol. The van der Waals surface area contributed by atoms with Crippen LogP contribution in [0.5, 0.6) is 11.5 Å². The normalized spacial score (nSPS) is 11.6. The van der Waals surface area contributed by atoms with E-state index in [1.807, 2.05) is 31.2 Å². The van der Waals surface area contributed by atoms with Crippen LogP contribution >= 0.6 is 0 Å². The fourth-order valence-corrected chi connectivity index (χ4v) is 1.76. The number of nitriles is 1. The molecule has 1 N–H and O–H groups in total. The van der Waals surface area contributed by atoms with Gasteiger partial charge in [0.1, 0.15) is 11.5 Å². The molecule has 0 aliphatic rings. The van der Waals surface area contributed by atoms with E-state index in [0.29, 0.717) is 23.5 Å². The molecule has 2 aromatic rings. The van der Waals surface area contributed by atoms with Crippen LogP contribution in [0.3, 0.4) is 0 Å². The number of aliphatic hydroxyl groups excluding tert-OH is 1. The Morgan fingerprint density at radius 3 is 2.53 bits per heavy atom. The van der Waals surface area contributed by atoms with Gasteiger partial charge in [-0.05, 0) is 42.3 Å². The molecule has 3 heteroatoms. The van der Waals surface area contributed by atoms with E-state index in [0.717, 1.165) is 5.56 Å². The first-order chi connectivity index (χ1) is 9.22. The summed E-state index contributed by atoms with van der Waals surface area (Å²) in [6.07, 6.45) is 0.251. The van der Waals surface area contributed by atoms with Crippen molar-refractivity contribution in [1.82, 2.24) is 0 Å². The maximum absolute atomic E-state index is 9.70. The van der Waals surface area contributed by atoms with Crippen LogP contribution < -0.4 is 4.74 Å². The average molecular weight is 253 g/mol. The maximum atomic E-state index is 9.70. The number of nitrogens with zero attached hydrogens (tertiary/aromatic N) is 1. The molecule has 0 radical (unpaired) electrons. The van der Waals surface area contributed by atoms with Crippen molar-refractivity contribution in [2.75, 3.05) is 0 Å². The first-order valence-electron chi connectivity index (χ1n) is 6.19. The summed E-state index contributed by atoms with van der Waals surface area (Å²) in [5.74, 6) is 1.31. The number of ether oxygens (including phenoxy) is 1. The van der Waals surface area contributed by atoms with E-state index in [1.54, 1.807) is 24.3 Å². The summed E-state index contributed by atoms with van der Waals surface area (Å²) < 4.78 is 5.66. The molecule has 0 amide bonds. The minimum atomic E-state index is -0.434. The first-order valence-corrected chi connectivity index (χ1v) is 6.19. The molecule has 2 rings (SSSR count). The molecule has 1 atom stereocenters. The number of aliphatic hydroxyl groups is 1. The van der Waals surface area contributed by atoms with Crippen molar-refractivity contribution < 1.29 is 9.84 Å². The molecule has 19 heavy (non-hydrogen) atoms. The van der Waals surface area contributed by atoms with Gasteiger partial charge in [0.2, 0.25) is 0 Å². The van der Waals surface area contributed by atoms with Crippen LogP contribution in [0.1, 0.15) is 30.6 Å². The minimum Gasteiger partial charge on any atom is -0.457 e. The third kappa shape index (κ3) is 3.34. The van der Waals surface area contributed by atoms with Gasteiger partial charge in [-0.15, -0.1) is 0 Å². The van der Waals surface area contributed by atoms with Crippen molar-refractivity contribution in [1.29, 1.82) is 5.26 Å². The minimum absolute atomic E-state index is 0.434. The summed E-state index contributed by atoms with van der Waals surface area (Å²) in [4.78, 5) is 0. The molecule has 1 unspecified atom stereocenters. The Morgan fingerprint density at radius 2 is 1.89 bits per heavy atom. The molecule has 0 fully saturated rings. The van der Waals surface area contributed by atoms with E-state index in [4.69, 9.17) is 10.00 Å². The molecule has 0 aromatic heterocycles. The fourth-order valence-electron chi connectivity index (χ4n) is 1.76. The van der Waals surface area contributed by atoms with Crippen molar-refractivity contribution >= 4 is 0 Å². The highest BCUT2D eigenvalue weighted by Gasteiger charge is 2.05. The molecule has 0 saturated carbocycles. The molecule has 0 heterocycles. The van der Waals surface area contributed by atoms with E-state index >= 15 is 0 Å². The Labute approximate surface area is 112 Å². The first kappa shape index (κ1) is 13.1. The van der Waals surface area contributed by atoms with Gasteiger partial charge >= 0.3 is 0 Å². The highest BCUT2D eigenvalue weighted by Crippen LogP contribution is 2.24. The lowest BCUT2D eigenvalue weighted by Gasteiger charge is -2.10. The summed E-state index contributed by atoms with van der Waals surface area (Å²) in [6.45, 7) is 1.93. The largest absolute Gasteiger partial charge is 0.457 e. The average Bonchev–Trinajstić information content (AvgIpc) is 2.47.